The van der Waals surface area contributed by atoms with Gasteiger partial charge in [0.1, 0.15) is 0 Å². The van der Waals surface area contributed by atoms with Gasteiger partial charge in [0.25, 0.3) is 5.91 Å². The Hall–Kier alpha value is -1.87. The normalized spacial score (nSPS) is 25.7. The van der Waals surface area contributed by atoms with Crippen molar-refractivity contribution < 1.29 is 18.0 Å². The van der Waals surface area contributed by atoms with E-state index in [1.165, 1.54) is 35.1 Å². The Bertz CT molecular complexity index is 817. The molecule has 0 aliphatic carbocycles. The van der Waals surface area contributed by atoms with E-state index in [9.17, 15) is 18.0 Å². The van der Waals surface area contributed by atoms with Crippen molar-refractivity contribution >= 4 is 17.2 Å². The van der Waals surface area contributed by atoms with Crippen molar-refractivity contribution in [1.29, 1.82) is 0 Å². The Labute approximate surface area is 159 Å². The second-order valence-electron chi connectivity index (χ2n) is 7.41. The van der Waals surface area contributed by atoms with E-state index in [0.29, 0.717) is 17.0 Å². The number of rotatable bonds is 4. The monoisotopic (exact) mass is 398 g/mol. The summed E-state index contributed by atoms with van der Waals surface area (Å²) >= 11 is 1.31. The highest BCUT2D eigenvalue weighted by molar-refractivity contribution is 7.12. The minimum atomic E-state index is -4.45. The number of thiophene rings is 1. The first-order valence-corrected chi connectivity index (χ1v) is 9.88. The third-order valence-electron chi connectivity index (χ3n) is 5.59. The summed E-state index contributed by atoms with van der Waals surface area (Å²) in [6, 6.07) is 3.98. The molecule has 2 atom stereocenters. The van der Waals surface area contributed by atoms with Crippen molar-refractivity contribution in [2.75, 3.05) is 7.05 Å². The Morgan fingerprint density at radius 3 is 2.67 bits per heavy atom. The quantitative estimate of drug-likeness (QED) is 0.859. The fraction of sp³-hybridized carbons (Fsp3) is 0.556. The summed E-state index contributed by atoms with van der Waals surface area (Å²) in [6.45, 7) is 0.207. The molecule has 0 saturated carbocycles. The van der Waals surface area contributed by atoms with Gasteiger partial charge in [-0.25, -0.2) is 0 Å². The second kappa shape index (κ2) is 6.94. The highest BCUT2D eigenvalue weighted by Crippen LogP contribution is 2.34. The number of piperidine rings is 1. The first-order valence-electron chi connectivity index (χ1n) is 9.00. The van der Waals surface area contributed by atoms with Crippen molar-refractivity contribution in [3.8, 4) is 0 Å². The van der Waals surface area contributed by atoms with Gasteiger partial charge in [-0.15, -0.1) is 11.3 Å². The molecule has 0 radical (unpaired) electrons. The summed E-state index contributed by atoms with van der Waals surface area (Å²) in [7, 11) is 2.16. The number of carbonyl (C=O) groups is 1. The van der Waals surface area contributed by atoms with Crippen LogP contribution in [0.3, 0.4) is 0 Å². The highest BCUT2D eigenvalue weighted by Gasteiger charge is 2.39. The molecule has 4 heterocycles. The van der Waals surface area contributed by atoms with Crippen LogP contribution in [-0.4, -0.2) is 45.8 Å². The van der Waals surface area contributed by atoms with Gasteiger partial charge in [0, 0.05) is 24.3 Å². The van der Waals surface area contributed by atoms with Gasteiger partial charge in [0.2, 0.25) is 0 Å². The van der Waals surface area contributed by atoms with Crippen LogP contribution in [0, 0.1) is 0 Å². The summed E-state index contributed by atoms with van der Waals surface area (Å²) in [4.78, 5) is 15.5. The lowest BCUT2D eigenvalue weighted by molar-refractivity contribution is -0.141. The molecule has 1 amide bonds. The lowest BCUT2D eigenvalue weighted by atomic mass is 9.98. The van der Waals surface area contributed by atoms with Crippen LogP contribution in [0.5, 0.6) is 0 Å². The minimum absolute atomic E-state index is 0.100. The van der Waals surface area contributed by atoms with E-state index >= 15 is 0 Å². The standard InChI is InChI=1S/C18H21F3N4OS/c1-24-13-2-3-14(24)8-12(7-13)22-17(26)15-6-11(10-27-15)9-25-5-4-16(23-25)18(19,20)21/h4-6,10,12-14H,2-3,7-9H2,1H3,(H,22,26). The number of nitrogens with zero attached hydrogens (tertiary/aromatic N) is 3. The number of alkyl halides is 3. The predicted molar refractivity (Wildman–Crippen MR) is 95.7 cm³/mol. The van der Waals surface area contributed by atoms with E-state index in [-0.39, 0.29) is 18.5 Å². The molecule has 2 fully saturated rings. The first kappa shape index (κ1) is 18.5. The van der Waals surface area contributed by atoms with Gasteiger partial charge in [-0.2, -0.15) is 18.3 Å². The molecule has 0 aromatic carbocycles. The lowest BCUT2D eigenvalue weighted by Crippen LogP contribution is -2.48. The smallest absolute Gasteiger partial charge is 0.348 e. The number of amides is 1. The molecule has 2 aliphatic heterocycles. The molecule has 2 unspecified atom stereocenters. The van der Waals surface area contributed by atoms with Crippen LogP contribution >= 0.6 is 11.3 Å². The molecule has 2 bridgehead atoms. The average Bonchev–Trinajstić information content (AvgIpc) is 3.28. The number of halogens is 3. The Morgan fingerprint density at radius 1 is 1.33 bits per heavy atom. The van der Waals surface area contributed by atoms with Crippen LogP contribution < -0.4 is 5.32 Å². The molecule has 4 rings (SSSR count). The van der Waals surface area contributed by atoms with Crippen LogP contribution in [-0.2, 0) is 12.7 Å². The maximum atomic E-state index is 12.6. The van der Waals surface area contributed by atoms with Gasteiger partial charge >= 0.3 is 6.18 Å². The lowest BCUT2D eigenvalue weighted by Gasteiger charge is -2.36. The number of hydrogen-bond acceptors (Lipinski definition) is 4. The zero-order valence-electron chi connectivity index (χ0n) is 14.9. The van der Waals surface area contributed by atoms with Crippen LogP contribution in [0.25, 0.3) is 0 Å². The maximum Gasteiger partial charge on any atom is 0.435 e. The fourth-order valence-corrected chi connectivity index (χ4v) is 4.96. The van der Waals surface area contributed by atoms with Gasteiger partial charge in [0.15, 0.2) is 5.69 Å². The number of carbonyl (C=O) groups excluding carboxylic acids is 1. The molecule has 2 saturated heterocycles. The fourth-order valence-electron chi connectivity index (χ4n) is 4.15. The SMILES string of the molecule is CN1C2CCC1CC(NC(=O)c1cc(Cn3ccc(C(F)(F)F)n3)cs1)C2. The largest absolute Gasteiger partial charge is 0.435 e. The van der Waals surface area contributed by atoms with E-state index in [1.807, 2.05) is 0 Å². The van der Waals surface area contributed by atoms with Gasteiger partial charge in [0.05, 0.1) is 11.4 Å². The third kappa shape index (κ3) is 3.89. The van der Waals surface area contributed by atoms with E-state index in [1.54, 1.807) is 11.4 Å². The average molecular weight is 398 g/mol. The van der Waals surface area contributed by atoms with E-state index in [4.69, 9.17) is 0 Å². The van der Waals surface area contributed by atoms with Gasteiger partial charge in [-0.05, 0) is 55.8 Å². The van der Waals surface area contributed by atoms with Gasteiger partial charge < -0.3 is 10.2 Å². The first-order chi connectivity index (χ1) is 12.8. The molecule has 5 nitrogen and oxygen atoms in total. The summed E-state index contributed by atoms with van der Waals surface area (Å²) in [5.41, 5.74) is -0.141. The Morgan fingerprint density at radius 2 is 2.04 bits per heavy atom. The van der Waals surface area contributed by atoms with Crippen molar-refractivity contribution in [1.82, 2.24) is 20.0 Å². The topological polar surface area (TPSA) is 50.2 Å². The van der Waals surface area contributed by atoms with Crippen molar-refractivity contribution in [2.45, 2.75) is 56.5 Å². The van der Waals surface area contributed by atoms with Gasteiger partial charge in [-0.3, -0.25) is 9.48 Å². The Balaban J connectivity index is 1.36. The Kier molecular flexibility index (Phi) is 4.75. The molecule has 0 spiro atoms. The highest BCUT2D eigenvalue weighted by atomic mass is 32.1. The molecular formula is C18H21F3N4OS. The molecule has 9 heteroatoms. The number of fused-ring (bicyclic) bond motifs is 2. The summed E-state index contributed by atoms with van der Waals surface area (Å²) in [6.07, 6.45) is 1.20. The predicted octanol–water partition coefficient (Wildman–Crippen LogP) is 3.37. The zero-order chi connectivity index (χ0) is 19.2. The van der Waals surface area contributed by atoms with Crippen LogP contribution in [0.2, 0.25) is 0 Å². The van der Waals surface area contributed by atoms with E-state index < -0.39 is 11.9 Å². The second-order valence-corrected chi connectivity index (χ2v) is 8.32. The van der Waals surface area contributed by atoms with Crippen molar-refractivity contribution in [2.24, 2.45) is 0 Å². The number of aromatic nitrogens is 2. The number of nitrogens with one attached hydrogen (secondary N) is 1. The summed E-state index contributed by atoms with van der Waals surface area (Å²) < 4.78 is 39.1. The zero-order valence-corrected chi connectivity index (χ0v) is 15.7. The molecule has 2 aromatic heterocycles. The molecule has 1 N–H and O–H groups in total. The van der Waals surface area contributed by atoms with Crippen LogP contribution in [0.1, 0.15) is 46.6 Å². The molecule has 2 aliphatic rings. The van der Waals surface area contributed by atoms with Crippen LogP contribution in [0.15, 0.2) is 23.7 Å². The van der Waals surface area contributed by atoms with Crippen LogP contribution in [0.4, 0.5) is 13.2 Å². The molecule has 2 aromatic rings. The maximum absolute atomic E-state index is 12.6. The minimum Gasteiger partial charge on any atom is -0.348 e. The third-order valence-corrected chi connectivity index (χ3v) is 6.56. The molecule has 27 heavy (non-hydrogen) atoms. The van der Waals surface area contributed by atoms with Crippen molar-refractivity contribution in [3.63, 3.8) is 0 Å². The number of hydrogen-bond donors (Lipinski definition) is 1. The molecule has 146 valence electrons. The van der Waals surface area contributed by atoms with Gasteiger partial charge in [-0.1, -0.05) is 0 Å². The van der Waals surface area contributed by atoms with E-state index in [0.717, 1.165) is 24.5 Å². The molecular weight excluding hydrogens is 377 g/mol. The van der Waals surface area contributed by atoms with Crippen molar-refractivity contribution in [3.05, 3.63) is 39.8 Å². The summed E-state index contributed by atoms with van der Waals surface area (Å²) in [5.74, 6) is -0.100. The summed E-state index contributed by atoms with van der Waals surface area (Å²) in [5, 5.41) is 8.47. The van der Waals surface area contributed by atoms with E-state index in [2.05, 4.69) is 22.4 Å².